The highest BCUT2D eigenvalue weighted by atomic mass is 16.6. The molecule has 1 aliphatic carbocycles. The zero-order chi connectivity index (χ0) is 12.9. The minimum Gasteiger partial charge on any atom is -0.465 e. The number of carbonyl (C=O) groups excluding carboxylic acids is 2. The lowest BCUT2D eigenvalue weighted by Crippen LogP contribution is -2.53. The van der Waals surface area contributed by atoms with Crippen molar-refractivity contribution in [2.45, 2.75) is 33.6 Å². The number of esters is 2. The molecule has 0 unspecified atom stereocenters. The summed E-state index contributed by atoms with van der Waals surface area (Å²) in [5.74, 6) is -0.994. The van der Waals surface area contributed by atoms with Crippen LogP contribution < -0.4 is 0 Å². The maximum absolute atomic E-state index is 12.0. The first-order valence-corrected chi connectivity index (χ1v) is 6.10. The van der Waals surface area contributed by atoms with Crippen LogP contribution in [0.1, 0.15) is 33.6 Å². The highest BCUT2D eigenvalue weighted by Gasteiger charge is 2.59. The quantitative estimate of drug-likeness (QED) is 0.419. The van der Waals surface area contributed by atoms with Crippen LogP contribution in [0.3, 0.4) is 0 Å². The van der Waals surface area contributed by atoms with Gasteiger partial charge in [0.05, 0.1) is 13.2 Å². The molecule has 0 aromatic carbocycles. The lowest BCUT2D eigenvalue weighted by atomic mass is 9.59. The van der Waals surface area contributed by atoms with Gasteiger partial charge in [-0.1, -0.05) is 12.2 Å². The first-order chi connectivity index (χ1) is 8.13. The van der Waals surface area contributed by atoms with Crippen molar-refractivity contribution >= 4 is 11.9 Å². The van der Waals surface area contributed by atoms with Crippen molar-refractivity contribution in [3.63, 3.8) is 0 Å². The topological polar surface area (TPSA) is 52.6 Å². The predicted octanol–water partition coefficient (Wildman–Crippen LogP) is 2.09. The maximum atomic E-state index is 12.0. The smallest absolute Gasteiger partial charge is 0.324 e. The number of rotatable bonds is 5. The third-order valence-electron chi connectivity index (χ3n) is 3.19. The molecule has 4 nitrogen and oxygen atoms in total. The summed E-state index contributed by atoms with van der Waals surface area (Å²) in [6, 6.07) is 0. The van der Waals surface area contributed by atoms with Gasteiger partial charge in [0.2, 0.25) is 0 Å². The summed E-state index contributed by atoms with van der Waals surface area (Å²) in [7, 11) is 0. The average Bonchev–Trinajstić information content (AvgIpc) is 2.26. The Kier molecular flexibility index (Phi) is 4.73. The molecule has 1 rings (SSSR count). The second kappa shape index (κ2) is 5.84. The maximum Gasteiger partial charge on any atom is 0.324 e. The first kappa shape index (κ1) is 13.7. The molecule has 1 aliphatic rings. The second-order valence-corrected chi connectivity index (χ2v) is 4.08. The van der Waals surface area contributed by atoms with E-state index in [4.69, 9.17) is 9.47 Å². The SMILES string of the molecule is C/C=C/[C@H]1CCC1(C(=O)OCC)C(=O)OCC. The molecule has 1 saturated carbocycles. The summed E-state index contributed by atoms with van der Waals surface area (Å²) >= 11 is 0. The molecule has 0 bridgehead atoms. The van der Waals surface area contributed by atoms with Crippen LogP contribution in [-0.2, 0) is 19.1 Å². The Hall–Kier alpha value is -1.32. The van der Waals surface area contributed by atoms with E-state index >= 15 is 0 Å². The highest BCUT2D eigenvalue weighted by molar-refractivity contribution is 6.01. The van der Waals surface area contributed by atoms with Crippen molar-refractivity contribution in [3.05, 3.63) is 12.2 Å². The number of carbonyl (C=O) groups is 2. The number of allylic oxidation sites excluding steroid dienone is 2. The van der Waals surface area contributed by atoms with E-state index in [9.17, 15) is 9.59 Å². The molecule has 1 atom stereocenters. The summed E-state index contributed by atoms with van der Waals surface area (Å²) in [5.41, 5.74) is -1.10. The van der Waals surface area contributed by atoms with E-state index in [1.54, 1.807) is 13.8 Å². The van der Waals surface area contributed by atoms with Crippen LogP contribution >= 0.6 is 0 Å². The van der Waals surface area contributed by atoms with E-state index in [0.29, 0.717) is 6.42 Å². The van der Waals surface area contributed by atoms with Gasteiger partial charge in [-0.05, 0) is 33.6 Å². The summed E-state index contributed by atoms with van der Waals surface area (Å²) in [4.78, 5) is 24.0. The third-order valence-corrected chi connectivity index (χ3v) is 3.19. The monoisotopic (exact) mass is 240 g/mol. The van der Waals surface area contributed by atoms with Crippen LogP contribution in [0.4, 0.5) is 0 Å². The van der Waals surface area contributed by atoms with Crippen LogP contribution in [0, 0.1) is 11.3 Å². The van der Waals surface area contributed by atoms with E-state index in [1.807, 2.05) is 19.1 Å². The first-order valence-electron chi connectivity index (χ1n) is 6.10. The van der Waals surface area contributed by atoms with E-state index in [0.717, 1.165) is 6.42 Å². The van der Waals surface area contributed by atoms with Crippen LogP contribution in [0.2, 0.25) is 0 Å². The fourth-order valence-corrected chi connectivity index (χ4v) is 2.20. The summed E-state index contributed by atoms with van der Waals surface area (Å²) in [6.07, 6.45) is 5.08. The Morgan fingerprint density at radius 3 is 2.06 bits per heavy atom. The van der Waals surface area contributed by atoms with E-state index in [-0.39, 0.29) is 19.1 Å². The van der Waals surface area contributed by atoms with Gasteiger partial charge >= 0.3 is 11.9 Å². The Bertz CT molecular complexity index is 301. The Morgan fingerprint density at radius 1 is 1.24 bits per heavy atom. The Morgan fingerprint density at radius 2 is 1.76 bits per heavy atom. The molecule has 0 N–H and O–H groups in total. The minimum absolute atomic E-state index is 0.0920. The van der Waals surface area contributed by atoms with Crippen LogP contribution in [0.25, 0.3) is 0 Å². The van der Waals surface area contributed by atoms with E-state index < -0.39 is 17.4 Å². The lowest BCUT2D eigenvalue weighted by Gasteiger charge is -2.43. The fourth-order valence-electron chi connectivity index (χ4n) is 2.20. The highest BCUT2D eigenvalue weighted by Crippen LogP contribution is 2.49. The second-order valence-electron chi connectivity index (χ2n) is 4.08. The van der Waals surface area contributed by atoms with E-state index in [1.165, 1.54) is 0 Å². The van der Waals surface area contributed by atoms with Gasteiger partial charge in [-0.15, -0.1) is 0 Å². The average molecular weight is 240 g/mol. The van der Waals surface area contributed by atoms with Gasteiger partial charge in [-0.3, -0.25) is 9.59 Å². The molecule has 0 radical (unpaired) electrons. The van der Waals surface area contributed by atoms with Gasteiger partial charge in [-0.25, -0.2) is 0 Å². The third kappa shape index (κ3) is 2.35. The van der Waals surface area contributed by atoms with Crippen molar-refractivity contribution in [1.29, 1.82) is 0 Å². The molecule has 0 amide bonds. The molecule has 0 spiro atoms. The zero-order valence-corrected chi connectivity index (χ0v) is 10.7. The molecule has 4 heteroatoms. The van der Waals surface area contributed by atoms with Gasteiger partial charge in [0.15, 0.2) is 5.41 Å². The minimum atomic E-state index is -1.10. The van der Waals surface area contributed by atoms with E-state index in [2.05, 4.69) is 0 Å². The number of hydrogen-bond acceptors (Lipinski definition) is 4. The Balaban J connectivity index is 2.93. The molecule has 96 valence electrons. The molecule has 1 fully saturated rings. The van der Waals surface area contributed by atoms with Crippen LogP contribution in [0.15, 0.2) is 12.2 Å². The van der Waals surface area contributed by atoms with Gasteiger partial charge < -0.3 is 9.47 Å². The summed E-state index contributed by atoms with van der Waals surface area (Å²) < 4.78 is 10.0. The van der Waals surface area contributed by atoms with Crippen molar-refractivity contribution in [3.8, 4) is 0 Å². The van der Waals surface area contributed by atoms with Crippen molar-refractivity contribution < 1.29 is 19.1 Å². The van der Waals surface area contributed by atoms with Crippen molar-refractivity contribution in [1.82, 2.24) is 0 Å². The Labute approximate surface area is 102 Å². The van der Waals surface area contributed by atoms with Crippen molar-refractivity contribution in [2.24, 2.45) is 11.3 Å². The van der Waals surface area contributed by atoms with Gasteiger partial charge in [0.25, 0.3) is 0 Å². The normalized spacial score (nSPS) is 21.9. The number of hydrogen-bond donors (Lipinski definition) is 0. The molecular formula is C13H20O4. The molecule has 0 aromatic rings. The standard InChI is InChI=1S/C13H20O4/c1-4-7-10-8-9-13(10,11(14)16-5-2)12(15)17-6-3/h4,7,10H,5-6,8-9H2,1-3H3/b7-4+/t10-/m0/s1. The molecular weight excluding hydrogens is 220 g/mol. The summed E-state index contributed by atoms with van der Waals surface area (Å²) in [6.45, 7) is 5.91. The molecule has 0 heterocycles. The predicted molar refractivity (Wildman–Crippen MR) is 63.2 cm³/mol. The van der Waals surface area contributed by atoms with Crippen LogP contribution in [-0.4, -0.2) is 25.2 Å². The van der Waals surface area contributed by atoms with Gasteiger partial charge in [0, 0.05) is 5.92 Å². The zero-order valence-electron chi connectivity index (χ0n) is 10.7. The van der Waals surface area contributed by atoms with Crippen molar-refractivity contribution in [2.75, 3.05) is 13.2 Å². The number of ether oxygens (including phenoxy) is 2. The van der Waals surface area contributed by atoms with Crippen LogP contribution in [0.5, 0.6) is 0 Å². The molecule has 0 aliphatic heterocycles. The van der Waals surface area contributed by atoms with Gasteiger partial charge in [-0.2, -0.15) is 0 Å². The fraction of sp³-hybridized carbons (Fsp3) is 0.692. The molecule has 17 heavy (non-hydrogen) atoms. The lowest BCUT2D eigenvalue weighted by molar-refractivity contribution is -0.183. The van der Waals surface area contributed by atoms with Gasteiger partial charge in [0.1, 0.15) is 0 Å². The molecule has 0 aromatic heterocycles. The molecule has 0 saturated heterocycles. The summed E-state index contributed by atoms with van der Waals surface area (Å²) in [5, 5.41) is 0. The largest absolute Gasteiger partial charge is 0.465 e.